The van der Waals surface area contributed by atoms with Crippen LogP contribution in [0.15, 0.2) is 84.9 Å². The average molecular weight is 384 g/mol. The van der Waals surface area contributed by atoms with Crippen LogP contribution in [0.3, 0.4) is 0 Å². The zero-order valence-electron chi connectivity index (χ0n) is 15.8. The van der Waals surface area contributed by atoms with E-state index in [0.717, 1.165) is 32.7 Å². The molecule has 4 rings (SSSR count). The minimum absolute atomic E-state index is 0.122. The van der Waals surface area contributed by atoms with E-state index in [9.17, 15) is 9.59 Å². The lowest BCUT2D eigenvalue weighted by Crippen LogP contribution is -2.14. The lowest BCUT2D eigenvalue weighted by molar-refractivity contribution is -0.155. The number of hydrogen-bond donors (Lipinski definition) is 0. The van der Waals surface area contributed by atoms with E-state index in [-0.39, 0.29) is 13.2 Å². The molecule has 0 heterocycles. The minimum Gasteiger partial charge on any atom is -0.460 e. The fourth-order valence-electron chi connectivity index (χ4n) is 3.37. The van der Waals surface area contributed by atoms with E-state index in [0.29, 0.717) is 0 Å². The van der Waals surface area contributed by atoms with Crippen LogP contribution in [-0.2, 0) is 32.3 Å². The van der Waals surface area contributed by atoms with Crippen LogP contribution in [0.25, 0.3) is 21.5 Å². The van der Waals surface area contributed by atoms with Gasteiger partial charge in [-0.2, -0.15) is 0 Å². The van der Waals surface area contributed by atoms with Crippen LogP contribution in [0, 0.1) is 0 Å². The van der Waals surface area contributed by atoms with Crippen molar-refractivity contribution in [1.82, 2.24) is 0 Å². The van der Waals surface area contributed by atoms with Crippen molar-refractivity contribution in [2.45, 2.75) is 19.6 Å². The van der Waals surface area contributed by atoms with Gasteiger partial charge in [0, 0.05) is 0 Å². The lowest BCUT2D eigenvalue weighted by atomic mass is 10.1. The lowest BCUT2D eigenvalue weighted by Gasteiger charge is -2.09. The molecular weight excluding hydrogens is 364 g/mol. The molecule has 4 aromatic rings. The Morgan fingerprint density at radius 1 is 0.552 bits per heavy atom. The highest BCUT2D eigenvalue weighted by Crippen LogP contribution is 2.20. The molecule has 144 valence electrons. The summed E-state index contributed by atoms with van der Waals surface area (Å²) in [4.78, 5) is 24.1. The van der Waals surface area contributed by atoms with E-state index in [4.69, 9.17) is 9.47 Å². The Morgan fingerprint density at radius 2 is 0.966 bits per heavy atom. The third kappa shape index (κ3) is 4.43. The van der Waals surface area contributed by atoms with Gasteiger partial charge in [0.15, 0.2) is 0 Å². The van der Waals surface area contributed by atoms with Gasteiger partial charge in [0.25, 0.3) is 0 Å². The topological polar surface area (TPSA) is 52.6 Å². The molecule has 0 saturated carbocycles. The highest BCUT2D eigenvalue weighted by atomic mass is 16.6. The van der Waals surface area contributed by atoms with Crippen LogP contribution in [0.4, 0.5) is 0 Å². The van der Waals surface area contributed by atoms with Gasteiger partial charge in [0.1, 0.15) is 19.6 Å². The maximum atomic E-state index is 12.1. The van der Waals surface area contributed by atoms with Crippen molar-refractivity contribution in [3.8, 4) is 0 Å². The molecule has 0 unspecified atom stereocenters. The van der Waals surface area contributed by atoms with Gasteiger partial charge in [0.05, 0.1) is 0 Å². The largest absolute Gasteiger partial charge is 0.460 e. The van der Waals surface area contributed by atoms with Crippen molar-refractivity contribution in [3.63, 3.8) is 0 Å². The van der Waals surface area contributed by atoms with E-state index >= 15 is 0 Å². The summed E-state index contributed by atoms with van der Waals surface area (Å²) in [7, 11) is 0. The molecule has 0 saturated heterocycles. The second kappa shape index (κ2) is 8.57. The maximum Gasteiger partial charge on any atom is 0.317 e. The normalized spacial score (nSPS) is 10.8. The van der Waals surface area contributed by atoms with E-state index in [1.807, 2.05) is 84.9 Å². The molecule has 4 nitrogen and oxygen atoms in total. The highest BCUT2D eigenvalue weighted by molar-refractivity contribution is 5.92. The SMILES string of the molecule is O=C(CC(=O)OCc1cccc2ccccc12)OCc1cccc2ccccc12. The predicted octanol–water partition coefficient (Wildman–Crippen LogP) is 5.17. The number of fused-ring (bicyclic) bond motifs is 2. The Kier molecular flexibility index (Phi) is 5.52. The number of carbonyl (C=O) groups is 2. The zero-order chi connectivity index (χ0) is 20.1. The number of carbonyl (C=O) groups excluding carboxylic acids is 2. The Balaban J connectivity index is 1.32. The van der Waals surface area contributed by atoms with Gasteiger partial charge in [-0.05, 0) is 32.7 Å². The zero-order valence-corrected chi connectivity index (χ0v) is 15.8. The van der Waals surface area contributed by atoms with Gasteiger partial charge in [-0.3, -0.25) is 9.59 Å². The van der Waals surface area contributed by atoms with Crippen LogP contribution in [0.1, 0.15) is 17.5 Å². The number of esters is 2. The molecule has 0 aliphatic carbocycles. The van der Waals surface area contributed by atoms with Gasteiger partial charge >= 0.3 is 11.9 Å². The molecule has 29 heavy (non-hydrogen) atoms. The van der Waals surface area contributed by atoms with Gasteiger partial charge in [-0.25, -0.2) is 0 Å². The van der Waals surface area contributed by atoms with Gasteiger partial charge < -0.3 is 9.47 Å². The van der Waals surface area contributed by atoms with Crippen molar-refractivity contribution < 1.29 is 19.1 Å². The molecule has 0 amide bonds. The molecule has 0 aliphatic heterocycles. The summed E-state index contributed by atoms with van der Waals surface area (Å²) in [5.74, 6) is -1.19. The summed E-state index contributed by atoms with van der Waals surface area (Å²) < 4.78 is 10.6. The summed E-state index contributed by atoms with van der Waals surface area (Å²) in [6.07, 6.45) is -0.407. The fourth-order valence-corrected chi connectivity index (χ4v) is 3.37. The number of rotatable bonds is 6. The smallest absolute Gasteiger partial charge is 0.317 e. The molecule has 0 atom stereocenters. The van der Waals surface area contributed by atoms with Crippen molar-refractivity contribution in [1.29, 1.82) is 0 Å². The van der Waals surface area contributed by atoms with Gasteiger partial charge in [-0.1, -0.05) is 84.9 Å². The molecule has 0 bridgehead atoms. The van der Waals surface area contributed by atoms with E-state index in [1.54, 1.807) is 0 Å². The Hall–Kier alpha value is -3.66. The first-order valence-electron chi connectivity index (χ1n) is 9.45. The first-order valence-corrected chi connectivity index (χ1v) is 9.45. The monoisotopic (exact) mass is 384 g/mol. The van der Waals surface area contributed by atoms with Crippen LogP contribution >= 0.6 is 0 Å². The van der Waals surface area contributed by atoms with Crippen LogP contribution in [-0.4, -0.2) is 11.9 Å². The fraction of sp³-hybridized carbons (Fsp3) is 0.120. The highest BCUT2D eigenvalue weighted by Gasteiger charge is 2.14. The molecular formula is C25H20O4. The molecule has 4 heteroatoms. The van der Waals surface area contributed by atoms with E-state index in [1.165, 1.54) is 0 Å². The summed E-state index contributed by atoms with van der Waals surface area (Å²) in [6, 6.07) is 27.5. The van der Waals surface area contributed by atoms with Crippen LogP contribution in [0.2, 0.25) is 0 Å². The Morgan fingerprint density at radius 3 is 1.45 bits per heavy atom. The number of ether oxygens (including phenoxy) is 2. The number of hydrogen-bond acceptors (Lipinski definition) is 4. The van der Waals surface area contributed by atoms with Crippen molar-refractivity contribution >= 4 is 33.5 Å². The Labute approximate surface area is 168 Å². The van der Waals surface area contributed by atoms with Crippen molar-refractivity contribution in [2.75, 3.05) is 0 Å². The van der Waals surface area contributed by atoms with Crippen molar-refractivity contribution in [3.05, 3.63) is 96.1 Å². The third-order valence-corrected chi connectivity index (χ3v) is 4.83. The summed E-state index contributed by atoms with van der Waals surface area (Å²) in [6.45, 7) is 0.244. The second-order valence-electron chi connectivity index (χ2n) is 6.77. The van der Waals surface area contributed by atoms with Crippen LogP contribution < -0.4 is 0 Å². The van der Waals surface area contributed by atoms with E-state index < -0.39 is 18.4 Å². The molecule has 0 spiro atoms. The predicted molar refractivity (Wildman–Crippen MR) is 112 cm³/mol. The minimum atomic E-state index is -0.596. The molecule has 0 aromatic heterocycles. The first-order chi connectivity index (χ1) is 14.2. The van der Waals surface area contributed by atoms with E-state index in [2.05, 4.69) is 0 Å². The molecule has 0 aliphatic rings. The Bertz CT molecular complexity index is 1080. The summed E-state index contributed by atoms with van der Waals surface area (Å²) >= 11 is 0. The molecule has 4 aromatic carbocycles. The molecule has 0 N–H and O–H groups in total. The summed E-state index contributed by atoms with van der Waals surface area (Å²) in [5, 5.41) is 4.22. The number of benzene rings is 4. The average Bonchev–Trinajstić information content (AvgIpc) is 2.76. The van der Waals surface area contributed by atoms with Gasteiger partial charge in [0.2, 0.25) is 0 Å². The molecule has 0 radical (unpaired) electrons. The summed E-state index contributed by atoms with van der Waals surface area (Å²) in [5.41, 5.74) is 1.81. The first kappa shape index (κ1) is 18.7. The quantitative estimate of drug-likeness (QED) is 0.340. The third-order valence-electron chi connectivity index (χ3n) is 4.83. The van der Waals surface area contributed by atoms with Crippen molar-refractivity contribution in [2.24, 2.45) is 0 Å². The standard InChI is InChI=1S/C25H20O4/c26-24(28-16-20-11-5-9-18-7-1-3-13-22(18)20)15-25(27)29-17-21-12-6-10-19-8-2-4-14-23(19)21/h1-14H,15-17H2. The van der Waals surface area contributed by atoms with Gasteiger partial charge in [-0.15, -0.1) is 0 Å². The second-order valence-corrected chi connectivity index (χ2v) is 6.77. The van der Waals surface area contributed by atoms with Crippen LogP contribution in [0.5, 0.6) is 0 Å². The molecule has 0 fully saturated rings. The maximum absolute atomic E-state index is 12.1.